The molecule has 0 bridgehead atoms. The highest BCUT2D eigenvalue weighted by atomic mass is 16.5. The summed E-state index contributed by atoms with van der Waals surface area (Å²) in [6.07, 6.45) is -0.372. The molecule has 0 saturated heterocycles. The molecule has 0 fully saturated rings. The summed E-state index contributed by atoms with van der Waals surface area (Å²) in [5.41, 5.74) is 4.15. The average Bonchev–Trinajstić information content (AvgIpc) is 3.11. The molecule has 0 aliphatic heterocycles. The maximum absolute atomic E-state index is 12.1. The molecule has 0 unspecified atom stereocenters. The van der Waals surface area contributed by atoms with Gasteiger partial charge in [-0.2, -0.15) is 0 Å². The Kier molecular flexibility index (Phi) is 8.65. The number of benzene rings is 2. The lowest BCUT2D eigenvalue weighted by molar-refractivity contribution is -0.139. The van der Waals surface area contributed by atoms with E-state index in [0.29, 0.717) is 0 Å². The van der Waals surface area contributed by atoms with Crippen LogP contribution < -0.4 is 10.6 Å². The van der Waals surface area contributed by atoms with Crippen LogP contribution in [0.1, 0.15) is 43.7 Å². The van der Waals surface area contributed by atoms with Crippen molar-refractivity contribution in [3.8, 4) is 11.1 Å². The lowest BCUT2D eigenvalue weighted by Gasteiger charge is -2.22. The Labute approximate surface area is 199 Å². The first-order valence-electron chi connectivity index (χ1n) is 11.4. The minimum absolute atomic E-state index is 0.00777. The van der Waals surface area contributed by atoms with Crippen LogP contribution in [-0.4, -0.2) is 56.0 Å². The van der Waals surface area contributed by atoms with Crippen LogP contribution in [0.25, 0.3) is 11.1 Å². The van der Waals surface area contributed by atoms with Gasteiger partial charge in [0, 0.05) is 25.4 Å². The molecule has 2 aromatic rings. The quantitative estimate of drug-likeness (QED) is 0.411. The number of amides is 2. The van der Waals surface area contributed by atoms with Crippen molar-refractivity contribution in [1.82, 2.24) is 10.6 Å². The predicted octanol–water partition coefficient (Wildman–Crippen LogP) is 3.55. The second kappa shape index (κ2) is 11.7. The van der Waals surface area contributed by atoms with E-state index in [1.807, 2.05) is 24.3 Å². The van der Waals surface area contributed by atoms with E-state index in [9.17, 15) is 14.4 Å². The summed E-state index contributed by atoms with van der Waals surface area (Å²) in [6.45, 7) is 4.82. The summed E-state index contributed by atoms with van der Waals surface area (Å²) in [7, 11) is 0. The van der Waals surface area contributed by atoms with E-state index in [1.165, 1.54) is 11.1 Å². The smallest absolute Gasteiger partial charge is 0.407 e. The molecule has 0 radical (unpaired) electrons. The van der Waals surface area contributed by atoms with Gasteiger partial charge in [-0.1, -0.05) is 62.4 Å². The fourth-order valence-corrected chi connectivity index (χ4v) is 4.04. The summed E-state index contributed by atoms with van der Waals surface area (Å²) in [6, 6.07) is 16.3. The van der Waals surface area contributed by atoms with Crippen LogP contribution in [0.5, 0.6) is 0 Å². The Hall–Kier alpha value is -3.39. The Balaban J connectivity index is 1.30. The highest BCUT2D eigenvalue weighted by Gasteiger charge is 2.29. The van der Waals surface area contributed by atoms with Gasteiger partial charge in [0.15, 0.2) is 0 Å². The number of carboxylic acid groups (broad SMARTS) is 1. The number of aliphatic carboxylic acids is 1. The van der Waals surface area contributed by atoms with Crippen molar-refractivity contribution in [2.24, 2.45) is 5.41 Å². The molecule has 0 heterocycles. The molecular formula is C26H32N2O6. The molecule has 1 aliphatic rings. The first-order valence-corrected chi connectivity index (χ1v) is 11.4. The Morgan fingerprint density at radius 3 is 2.18 bits per heavy atom. The molecule has 2 aromatic carbocycles. The SMILES string of the molecule is CC(C)(CNC(=O)CCOCCNC(=O)OCC1c2ccccc2-c2ccccc21)CC(=O)O. The third kappa shape index (κ3) is 7.05. The highest BCUT2D eigenvalue weighted by Crippen LogP contribution is 2.44. The first kappa shape index (κ1) is 25.2. The van der Waals surface area contributed by atoms with Gasteiger partial charge in [0.2, 0.25) is 5.91 Å². The van der Waals surface area contributed by atoms with Gasteiger partial charge in [-0.05, 0) is 27.7 Å². The number of nitrogens with one attached hydrogen (secondary N) is 2. The summed E-state index contributed by atoms with van der Waals surface area (Å²) < 4.78 is 10.9. The number of hydrogen-bond donors (Lipinski definition) is 3. The molecule has 34 heavy (non-hydrogen) atoms. The van der Waals surface area contributed by atoms with E-state index >= 15 is 0 Å². The van der Waals surface area contributed by atoms with E-state index in [2.05, 4.69) is 34.9 Å². The normalized spacial score (nSPS) is 12.5. The fraction of sp³-hybridized carbons (Fsp3) is 0.423. The number of ether oxygens (including phenoxy) is 2. The summed E-state index contributed by atoms with van der Waals surface area (Å²) >= 11 is 0. The molecule has 182 valence electrons. The van der Waals surface area contributed by atoms with Crippen LogP contribution in [0.4, 0.5) is 4.79 Å². The zero-order chi connectivity index (χ0) is 24.6. The largest absolute Gasteiger partial charge is 0.481 e. The number of carbonyl (C=O) groups excluding carboxylic acids is 2. The van der Waals surface area contributed by atoms with E-state index in [0.717, 1.165) is 11.1 Å². The van der Waals surface area contributed by atoms with Crippen molar-refractivity contribution in [2.75, 3.05) is 32.9 Å². The molecular weight excluding hydrogens is 436 g/mol. The van der Waals surface area contributed by atoms with E-state index < -0.39 is 17.5 Å². The lowest BCUT2D eigenvalue weighted by atomic mass is 9.89. The Morgan fingerprint density at radius 2 is 1.56 bits per heavy atom. The summed E-state index contributed by atoms with van der Waals surface area (Å²) in [5.74, 6) is -1.09. The van der Waals surface area contributed by atoms with Gasteiger partial charge in [-0.15, -0.1) is 0 Å². The van der Waals surface area contributed by atoms with Crippen LogP contribution in [0.2, 0.25) is 0 Å². The fourth-order valence-electron chi connectivity index (χ4n) is 4.04. The van der Waals surface area contributed by atoms with Crippen molar-refractivity contribution >= 4 is 18.0 Å². The molecule has 0 spiro atoms. The number of alkyl carbamates (subject to hydrolysis) is 1. The number of rotatable bonds is 12. The lowest BCUT2D eigenvalue weighted by Crippen LogP contribution is -2.35. The van der Waals surface area contributed by atoms with Crippen LogP contribution in [-0.2, 0) is 19.1 Å². The van der Waals surface area contributed by atoms with Gasteiger partial charge in [-0.3, -0.25) is 9.59 Å². The second-order valence-corrected chi connectivity index (χ2v) is 9.13. The molecule has 8 heteroatoms. The van der Waals surface area contributed by atoms with Crippen molar-refractivity contribution in [1.29, 1.82) is 0 Å². The minimum atomic E-state index is -0.897. The molecule has 8 nitrogen and oxygen atoms in total. The topological polar surface area (TPSA) is 114 Å². The predicted molar refractivity (Wildman–Crippen MR) is 128 cm³/mol. The second-order valence-electron chi connectivity index (χ2n) is 9.13. The monoisotopic (exact) mass is 468 g/mol. The molecule has 2 amide bonds. The summed E-state index contributed by atoms with van der Waals surface area (Å²) in [4.78, 5) is 34.8. The minimum Gasteiger partial charge on any atom is -0.481 e. The third-order valence-electron chi connectivity index (χ3n) is 5.73. The van der Waals surface area contributed by atoms with Crippen molar-refractivity contribution < 1.29 is 29.0 Å². The third-order valence-corrected chi connectivity index (χ3v) is 5.73. The zero-order valence-electron chi connectivity index (χ0n) is 19.6. The van der Waals surface area contributed by atoms with E-state index in [-0.39, 0.29) is 57.6 Å². The van der Waals surface area contributed by atoms with Crippen LogP contribution in [0.3, 0.4) is 0 Å². The van der Waals surface area contributed by atoms with Gasteiger partial charge in [0.1, 0.15) is 6.61 Å². The van der Waals surface area contributed by atoms with Gasteiger partial charge in [0.25, 0.3) is 0 Å². The maximum atomic E-state index is 12.1. The molecule has 0 saturated carbocycles. The first-order chi connectivity index (χ1) is 16.3. The zero-order valence-corrected chi connectivity index (χ0v) is 19.6. The highest BCUT2D eigenvalue weighted by molar-refractivity contribution is 5.79. The maximum Gasteiger partial charge on any atom is 0.407 e. The van der Waals surface area contributed by atoms with E-state index in [1.54, 1.807) is 13.8 Å². The molecule has 0 atom stereocenters. The number of carbonyl (C=O) groups is 3. The van der Waals surface area contributed by atoms with E-state index in [4.69, 9.17) is 14.6 Å². The van der Waals surface area contributed by atoms with Gasteiger partial charge in [-0.25, -0.2) is 4.79 Å². The van der Waals surface area contributed by atoms with Crippen LogP contribution in [0.15, 0.2) is 48.5 Å². The van der Waals surface area contributed by atoms with Gasteiger partial charge >= 0.3 is 12.1 Å². The Bertz CT molecular complexity index is 974. The van der Waals surface area contributed by atoms with Crippen LogP contribution >= 0.6 is 0 Å². The molecule has 1 aliphatic carbocycles. The van der Waals surface area contributed by atoms with Crippen molar-refractivity contribution in [3.63, 3.8) is 0 Å². The standard InChI is InChI=1S/C26H32N2O6/c1-26(2,15-24(30)31)17-28-23(29)11-13-33-14-12-27-25(32)34-16-22-20-9-5-3-7-18(20)19-8-4-6-10-21(19)22/h3-10,22H,11-17H2,1-2H3,(H,27,32)(H,28,29)(H,30,31). The number of hydrogen-bond acceptors (Lipinski definition) is 5. The molecule has 3 N–H and O–H groups in total. The number of fused-ring (bicyclic) bond motifs is 3. The van der Waals surface area contributed by atoms with Crippen molar-refractivity contribution in [2.45, 2.75) is 32.6 Å². The van der Waals surface area contributed by atoms with Gasteiger partial charge < -0.3 is 25.2 Å². The van der Waals surface area contributed by atoms with Gasteiger partial charge in [0.05, 0.1) is 19.6 Å². The summed E-state index contributed by atoms with van der Waals surface area (Å²) in [5, 5.41) is 14.3. The number of carboxylic acids is 1. The molecule has 3 rings (SSSR count). The average molecular weight is 469 g/mol. The Morgan fingerprint density at radius 1 is 0.941 bits per heavy atom. The van der Waals surface area contributed by atoms with Crippen molar-refractivity contribution in [3.05, 3.63) is 59.7 Å². The molecule has 0 aromatic heterocycles. The van der Waals surface area contributed by atoms with Crippen LogP contribution in [0, 0.1) is 5.41 Å².